The lowest BCUT2D eigenvalue weighted by Crippen LogP contribution is -2.37. The molecule has 0 spiro atoms. The Morgan fingerprint density at radius 3 is 2.64 bits per heavy atom. The van der Waals surface area contributed by atoms with Gasteiger partial charge < -0.3 is 20.1 Å². The van der Waals surface area contributed by atoms with Crippen molar-refractivity contribution >= 4 is 29.9 Å². The molecule has 1 aromatic carbocycles. The Labute approximate surface area is 148 Å². The van der Waals surface area contributed by atoms with E-state index in [1.807, 2.05) is 6.07 Å². The lowest BCUT2D eigenvalue weighted by atomic mass is 10.2. The highest BCUT2D eigenvalue weighted by molar-refractivity contribution is 14.0. The number of nitrogens with one attached hydrogen (secondary N) is 2. The molecule has 0 amide bonds. The van der Waals surface area contributed by atoms with Gasteiger partial charge in [0.05, 0.1) is 13.2 Å². The second-order valence-corrected chi connectivity index (χ2v) is 4.40. The summed E-state index contributed by atoms with van der Waals surface area (Å²) in [5, 5.41) is 6.23. The molecule has 0 aliphatic heterocycles. The maximum absolute atomic E-state index is 13.5. The predicted octanol–water partition coefficient (Wildman–Crippen LogP) is 2.16. The highest BCUT2D eigenvalue weighted by Gasteiger charge is 2.02. The Bertz CT molecular complexity index is 433. The van der Waals surface area contributed by atoms with Crippen molar-refractivity contribution in [3.05, 3.63) is 35.6 Å². The minimum Gasteiger partial charge on any atom is -0.382 e. The van der Waals surface area contributed by atoms with Crippen LogP contribution in [0.1, 0.15) is 12.0 Å². The third kappa shape index (κ3) is 9.16. The minimum atomic E-state index is -0.216. The van der Waals surface area contributed by atoms with Gasteiger partial charge in [0.15, 0.2) is 5.96 Å². The average molecular weight is 425 g/mol. The van der Waals surface area contributed by atoms with Gasteiger partial charge in [-0.05, 0) is 12.5 Å². The second kappa shape index (κ2) is 13.7. The molecular weight excluding hydrogens is 400 g/mol. The summed E-state index contributed by atoms with van der Waals surface area (Å²) in [5.74, 6) is 0.433. The summed E-state index contributed by atoms with van der Waals surface area (Å²) in [4.78, 5) is 4.09. The molecule has 5 nitrogen and oxygen atoms in total. The van der Waals surface area contributed by atoms with E-state index in [4.69, 9.17) is 9.47 Å². The van der Waals surface area contributed by atoms with Crippen LogP contribution in [0.4, 0.5) is 4.39 Å². The molecule has 1 rings (SSSR count). The number of guanidine groups is 1. The number of benzene rings is 1. The van der Waals surface area contributed by atoms with E-state index in [2.05, 4.69) is 15.6 Å². The fourth-order valence-corrected chi connectivity index (χ4v) is 1.67. The standard InChI is InChI=1S/C15H24FN3O2.HI/c1-17-15(18-8-5-9-21-11-10-20-2)19-12-13-6-3-4-7-14(13)16;/h3-4,6-7H,5,8-12H2,1-2H3,(H2,17,18,19);1H. The van der Waals surface area contributed by atoms with Crippen molar-refractivity contribution in [1.82, 2.24) is 10.6 Å². The quantitative estimate of drug-likeness (QED) is 0.276. The molecule has 1 aromatic rings. The molecule has 0 heterocycles. The van der Waals surface area contributed by atoms with E-state index in [9.17, 15) is 4.39 Å². The molecular formula is C15H25FIN3O2. The molecule has 0 bridgehead atoms. The van der Waals surface area contributed by atoms with Crippen molar-refractivity contribution < 1.29 is 13.9 Å². The maximum atomic E-state index is 13.5. The number of methoxy groups -OCH3 is 1. The van der Waals surface area contributed by atoms with Crippen molar-refractivity contribution in [2.24, 2.45) is 4.99 Å². The molecule has 2 N–H and O–H groups in total. The lowest BCUT2D eigenvalue weighted by molar-refractivity contribution is 0.0698. The van der Waals surface area contributed by atoms with Crippen LogP contribution in [0.15, 0.2) is 29.3 Å². The van der Waals surface area contributed by atoms with Crippen molar-refractivity contribution in [2.75, 3.05) is 40.5 Å². The highest BCUT2D eigenvalue weighted by Crippen LogP contribution is 2.05. The maximum Gasteiger partial charge on any atom is 0.191 e. The van der Waals surface area contributed by atoms with Gasteiger partial charge in [0, 0.05) is 39.4 Å². The summed E-state index contributed by atoms with van der Waals surface area (Å²) in [6.45, 7) is 3.03. The fraction of sp³-hybridized carbons (Fsp3) is 0.533. The van der Waals surface area contributed by atoms with Gasteiger partial charge in [-0.1, -0.05) is 18.2 Å². The van der Waals surface area contributed by atoms with Crippen molar-refractivity contribution in [3.63, 3.8) is 0 Å². The molecule has 0 radical (unpaired) electrons. The summed E-state index contributed by atoms with van der Waals surface area (Å²) in [7, 11) is 3.34. The largest absolute Gasteiger partial charge is 0.382 e. The van der Waals surface area contributed by atoms with Gasteiger partial charge in [-0.3, -0.25) is 4.99 Å². The number of ether oxygens (including phenoxy) is 2. The zero-order valence-corrected chi connectivity index (χ0v) is 15.4. The molecule has 126 valence electrons. The van der Waals surface area contributed by atoms with E-state index < -0.39 is 0 Å². The third-order valence-corrected chi connectivity index (χ3v) is 2.82. The molecule has 7 heteroatoms. The van der Waals surface area contributed by atoms with Crippen molar-refractivity contribution in [2.45, 2.75) is 13.0 Å². The Morgan fingerprint density at radius 1 is 1.18 bits per heavy atom. The average Bonchev–Trinajstić information content (AvgIpc) is 2.51. The first-order valence-electron chi connectivity index (χ1n) is 7.02. The molecule has 0 aliphatic carbocycles. The number of aliphatic imine (C=N–C) groups is 1. The van der Waals surface area contributed by atoms with Crippen LogP contribution in [0.25, 0.3) is 0 Å². The Balaban J connectivity index is 0.00000441. The van der Waals surface area contributed by atoms with Crippen molar-refractivity contribution in [1.29, 1.82) is 0 Å². The van der Waals surface area contributed by atoms with E-state index in [1.165, 1.54) is 6.07 Å². The van der Waals surface area contributed by atoms with Gasteiger partial charge in [0.1, 0.15) is 5.82 Å². The summed E-state index contributed by atoms with van der Waals surface area (Å²) in [6, 6.07) is 6.69. The zero-order chi connectivity index (χ0) is 15.3. The third-order valence-electron chi connectivity index (χ3n) is 2.82. The predicted molar refractivity (Wildman–Crippen MR) is 97.3 cm³/mol. The summed E-state index contributed by atoms with van der Waals surface area (Å²) in [5.41, 5.74) is 0.614. The molecule has 0 aliphatic rings. The SMILES string of the molecule is CN=C(NCCCOCCOC)NCc1ccccc1F.I. The van der Waals surface area contributed by atoms with Crippen LogP contribution in [0.3, 0.4) is 0 Å². The molecule has 22 heavy (non-hydrogen) atoms. The van der Waals surface area contributed by atoms with E-state index in [-0.39, 0.29) is 29.8 Å². The second-order valence-electron chi connectivity index (χ2n) is 4.40. The number of rotatable bonds is 9. The lowest BCUT2D eigenvalue weighted by Gasteiger charge is -2.12. The first-order chi connectivity index (χ1) is 10.3. The van der Waals surface area contributed by atoms with Gasteiger partial charge in [-0.25, -0.2) is 4.39 Å². The highest BCUT2D eigenvalue weighted by atomic mass is 127. The van der Waals surface area contributed by atoms with Crippen LogP contribution in [-0.4, -0.2) is 46.5 Å². The monoisotopic (exact) mass is 425 g/mol. The number of halogens is 2. The first kappa shape index (κ1) is 21.1. The topological polar surface area (TPSA) is 54.9 Å². The normalized spacial score (nSPS) is 11.0. The molecule has 0 atom stereocenters. The van der Waals surface area contributed by atoms with Gasteiger partial charge >= 0.3 is 0 Å². The van der Waals surface area contributed by atoms with E-state index >= 15 is 0 Å². The summed E-state index contributed by atoms with van der Waals surface area (Å²) >= 11 is 0. The van der Waals surface area contributed by atoms with Gasteiger partial charge in [-0.2, -0.15) is 0 Å². The van der Waals surface area contributed by atoms with Gasteiger partial charge in [0.25, 0.3) is 0 Å². The Hall–Kier alpha value is -0.930. The summed E-state index contributed by atoms with van der Waals surface area (Å²) < 4.78 is 23.7. The van der Waals surface area contributed by atoms with Crippen LogP contribution < -0.4 is 10.6 Å². The van der Waals surface area contributed by atoms with E-state index in [0.29, 0.717) is 37.9 Å². The molecule has 0 fully saturated rings. The molecule has 0 saturated carbocycles. The molecule has 0 unspecified atom stereocenters. The van der Waals surface area contributed by atoms with Crippen molar-refractivity contribution in [3.8, 4) is 0 Å². The van der Waals surface area contributed by atoms with Gasteiger partial charge in [-0.15, -0.1) is 24.0 Å². The van der Waals surface area contributed by atoms with Crippen LogP contribution in [-0.2, 0) is 16.0 Å². The smallest absolute Gasteiger partial charge is 0.191 e. The summed E-state index contributed by atoms with van der Waals surface area (Å²) in [6.07, 6.45) is 0.865. The zero-order valence-electron chi connectivity index (χ0n) is 13.1. The fourth-order valence-electron chi connectivity index (χ4n) is 1.67. The number of hydrogen-bond donors (Lipinski definition) is 2. The number of hydrogen-bond acceptors (Lipinski definition) is 3. The van der Waals surface area contributed by atoms with Crippen LogP contribution in [0, 0.1) is 5.82 Å². The minimum absolute atomic E-state index is 0. The van der Waals surface area contributed by atoms with Crippen LogP contribution >= 0.6 is 24.0 Å². The van der Waals surface area contributed by atoms with E-state index in [1.54, 1.807) is 26.3 Å². The van der Waals surface area contributed by atoms with E-state index in [0.717, 1.165) is 13.0 Å². The molecule has 0 aromatic heterocycles. The number of nitrogens with zero attached hydrogens (tertiary/aromatic N) is 1. The Kier molecular flexibility index (Phi) is 13.1. The Morgan fingerprint density at radius 2 is 1.95 bits per heavy atom. The van der Waals surface area contributed by atoms with Crippen LogP contribution in [0.5, 0.6) is 0 Å². The first-order valence-corrected chi connectivity index (χ1v) is 7.02. The van der Waals surface area contributed by atoms with Crippen LogP contribution in [0.2, 0.25) is 0 Å². The molecule has 0 saturated heterocycles. The van der Waals surface area contributed by atoms with Gasteiger partial charge in [0.2, 0.25) is 0 Å².